The van der Waals surface area contributed by atoms with Crippen molar-refractivity contribution < 1.29 is 9.47 Å². The Morgan fingerprint density at radius 2 is 1.29 bits per heavy atom. The molecule has 2 heteroatoms. The molecule has 3 rings (SSSR count). The summed E-state index contributed by atoms with van der Waals surface area (Å²) >= 11 is 0. The van der Waals surface area contributed by atoms with Gasteiger partial charge in [0, 0.05) is 5.56 Å². The Morgan fingerprint density at radius 3 is 1.87 bits per heavy atom. The highest BCUT2D eigenvalue weighted by Gasteiger charge is 2.17. The molecule has 0 saturated carbocycles. The third-order valence-electron chi connectivity index (χ3n) is 7.59. The van der Waals surface area contributed by atoms with Crippen LogP contribution in [-0.2, 0) is 18.3 Å². The number of methoxy groups -OCH3 is 2. The minimum atomic E-state index is 0.202. The molecule has 0 aromatic heterocycles. The molecule has 3 aromatic rings. The minimum Gasteiger partial charge on any atom is -0.496 e. The molecule has 0 N–H and O–H groups in total. The van der Waals surface area contributed by atoms with E-state index in [1.54, 1.807) is 14.2 Å². The first-order valence-electron chi connectivity index (χ1n) is 14.9. The molecule has 0 aliphatic carbocycles. The average molecular weight is 519 g/mol. The van der Waals surface area contributed by atoms with Crippen molar-refractivity contribution in [1.29, 1.82) is 0 Å². The Labute approximate surface area is 234 Å². The zero-order chi connectivity index (χ0) is 28.1. The van der Waals surface area contributed by atoms with E-state index in [0.29, 0.717) is 5.92 Å². The maximum absolute atomic E-state index is 5.56. The van der Waals surface area contributed by atoms with Crippen molar-refractivity contribution >= 4 is 10.8 Å². The fourth-order valence-electron chi connectivity index (χ4n) is 5.16. The molecule has 0 bridgehead atoms. The molecular weight excluding hydrogens is 464 g/mol. The van der Waals surface area contributed by atoms with E-state index in [0.717, 1.165) is 30.3 Å². The van der Waals surface area contributed by atoms with Crippen LogP contribution in [-0.4, -0.2) is 14.2 Å². The van der Waals surface area contributed by atoms with Gasteiger partial charge in [0.05, 0.1) is 14.2 Å². The van der Waals surface area contributed by atoms with Gasteiger partial charge in [0.15, 0.2) is 0 Å². The van der Waals surface area contributed by atoms with Gasteiger partial charge >= 0.3 is 0 Å². The summed E-state index contributed by atoms with van der Waals surface area (Å²) < 4.78 is 11.1. The summed E-state index contributed by atoms with van der Waals surface area (Å²) in [7, 11) is 3.54. The summed E-state index contributed by atoms with van der Waals surface area (Å²) in [6.07, 6.45) is 10.0. The van der Waals surface area contributed by atoms with Crippen molar-refractivity contribution in [2.75, 3.05) is 14.2 Å². The Hall–Kier alpha value is -2.48. The van der Waals surface area contributed by atoms with Gasteiger partial charge in [-0.05, 0) is 64.1 Å². The molecule has 0 fully saturated rings. The highest BCUT2D eigenvalue weighted by Crippen LogP contribution is 2.32. The van der Waals surface area contributed by atoms with Gasteiger partial charge in [0.25, 0.3) is 0 Å². The van der Waals surface area contributed by atoms with E-state index in [1.807, 2.05) is 0 Å². The molecule has 0 aliphatic heterocycles. The molecule has 2 atom stereocenters. The molecule has 210 valence electrons. The summed E-state index contributed by atoms with van der Waals surface area (Å²) in [6, 6.07) is 19.5. The fourth-order valence-corrected chi connectivity index (χ4v) is 5.16. The van der Waals surface area contributed by atoms with Gasteiger partial charge in [-0.2, -0.15) is 0 Å². The number of hydrogen-bond donors (Lipinski definition) is 0. The molecule has 0 radical (unpaired) electrons. The second-order valence-corrected chi connectivity index (χ2v) is 12.1. The molecule has 0 heterocycles. The van der Waals surface area contributed by atoms with Gasteiger partial charge < -0.3 is 9.47 Å². The van der Waals surface area contributed by atoms with Gasteiger partial charge in [-0.15, -0.1) is 0 Å². The Morgan fingerprint density at radius 1 is 0.711 bits per heavy atom. The average Bonchev–Trinajstić information content (AvgIpc) is 2.90. The van der Waals surface area contributed by atoms with Crippen LogP contribution < -0.4 is 9.47 Å². The standard InChI is InChI=1S/C18H24O.C18H30O/c1-4-5-8-14(2)13-17-16-10-7-6-9-15(16)11-12-18(17)19-3;1-7-8-9-14(2)12-15-13-16(18(3,4)5)10-11-17(15)19-6/h6-7,9-12,14H,4-5,8,13H2,1-3H3;10-11,13-14H,7-9,12H2,1-6H3. The summed E-state index contributed by atoms with van der Waals surface area (Å²) in [6.45, 7) is 16.0. The SMILES string of the molecule is CCCCC(C)Cc1c(OC)ccc2ccccc12.CCCCC(C)Cc1cc(C(C)(C)C)ccc1OC. The second kappa shape index (κ2) is 15.8. The summed E-state index contributed by atoms with van der Waals surface area (Å²) in [5, 5.41) is 2.64. The van der Waals surface area contributed by atoms with Crippen LogP contribution in [0.25, 0.3) is 10.8 Å². The fraction of sp³-hybridized carbons (Fsp3) is 0.556. The highest BCUT2D eigenvalue weighted by molar-refractivity contribution is 5.87. The van der Waals surface area contributed by atoms with Gasteiger partial charge in [-0.1, -0.05) is 129 Å². The van der Waals surface area contributed by atoms with Crippen molar-refractivity contribution in [1.82, 2.24) is 0 Å². The van der Waals surface area contributed by atoms with Crippen LogP contribution >= 0.6 is 0 Å². The van der Waals surface area contributed by atoms with E-state index in [4.69, 9.17) is 9.47 Å². The monoisotopic (exact) mass is 518 g/mol. The van der Waals surface area contributed by atoms with Crippen LogP contribution in [0.15, 0.2) is 54.6 Å². The molecule has 0 spiro atoms. The van der Waals surface area contributed by atoms with Gasteiger partial charge in [0.2, 0.25) is 0 Å². The first-order chi connectivity index (χ1) is 18.1. The largest absolute Gasteiger partial charge is 0.496 e. The molecule has 2 unspecified atom stereocenters. The smallest absolute Gasteiger partial charge is 0.122 e. The van der Waals surface area contributed by atoms with Crippen molar-refractivity contribution in [2.45, 2.75) is 105 Å². The molecule has 38 heavy (non-hydrogen) atoms. The van der Waals surface area contributed by atoms with E-state index in [-0.39, 0.29) is 5.41 Å². The first kappa shape index (κ1) is 31.7. The van der Waals surface area contributed by atoms with E-state index >= 15 is 0 Å². The number of ether oxygens (including phenoxy) is 2. The number of benzene rings is 3. The van der Waals surface area contributed by atoms with E-state index in [9.17, 15) is 0 Å². The second-order valence-electron chi connectivity index (χ2n) is 12.1. The lowest BCUT2D eigenvalue weighted by Crippen LogP contribution is -2.12. The van der Waals surface area contributed by atoms with Crippen molar-refractivity contribution in [3.8, 4) is 11.5 Å². The summed E-state index contributed by atoms with van der Waals surface area (Å²) in [5.74, 6) is 3.50. The van der Waals surface area contributed by atoms with Gasteiger partial charge in [-0.25, -0.2) is 0 Å². The van der Waals surface area contributed by atoms with Crippen molar-refractivity contribution in [3.05, 3.63) is 71.3 Å². The summed E-state index contributed by atoms with van der Waals surface area (Å²) in [4.78, 5) is 0. The highest BCUT2D eigenvalue weighted by atomic mass is 16.5. The molecule has 0 amide bonds. The quantitative estimate of drug-likeness (QED) is 0.237. The lowest BCUT2D eigenvalue weighted by Gasteiger charge is -2.22. The first-order valence-corrected chi connectivity index (χ1v) is 14.9. The van der Waals surface area contributed by atoms with Crippen LogP contribution in [0.1, 0.15) is 104 Å². The van der Waals surface area contributed by atoms with Crippen molar-refractivity contribution in [2.24, 2.45) is 11.8 Å². The summed E-state index contributed by atoms with van der Waals surface area (Å²) in [5.41, 5.74) is 4.32. The number of fused-ring (bicyclic) bond motifs is 1. The third kappa shape index (κ3) is 9.68. The van der Waals surface area contributed by atoms with E-state index < -0.39 is 0 Å². The minimum absolute atomic E-state index is 0.202. The normalized spacial score (nSPS) is 13.0. The van der Waals surface area contributed by atoms with E-state index in [1.165, 1.54) is 66.0 Å². The van der Waals surface area contributed by atoms with Crippen LogP contribution in [0, 0.1) is 11.8 Å². The lowest BCUT2D eigenvalue weighted by molar-refractivity contribution is 0.402. The molecular formula is C36H54O2. The Bertz CT molecular complexity index is 1090. The van der Waals surface area contributed by atoms with Crippen LogP contribution in [0.3, 0.4) is 0 Å². The zero-order valence-corrected chi connectivity index (χ0v) is 25.8. The topological polar surface area (TPSA) is 18.5 Å². The van der Waals surface area contributed by atoms with Crippen molar-refractivity contribution in [3.63, 3.8) is 0 Å². The zero-order valence-electron chi connectivity index (χ0n) is 25.8. The third-order valence-corrected chi connectivity index (χ3v) is 7.59. The predicted octanol–water partition coefficient (Wildman–Crippen LogP) is 10.6. The molecule has 3 aromatic carbocycles. The lowest BCUT2D eigenvalue weighted by atomic mass is 9.84. The van der Waals surface area contributed by atoms with Crippen LogP contribution in [0.5, 0.6) is 11.5 Å². The Kier molecular flexibility index (Phi) is 13.2. The molecule has 2 nitrogen and oxygen atoms in total. The number of rotatable bonds is 12. The Balaban J connectivity index is 0.000000267. The number of unbranched alkanes of at least 4 members (excludes halogenated alkanes) is 2. The molecule has 0 saturated heterocycles. The van der Waals surface area contributed by atoms with Crippen LogP contribution in [0.2, 0.25) is 0 Å². The van der Waals surface area contributed by atoms with E-state index in [2.05, 4.69) is 103 Å². The maximum Gasteiger partial charge on any atom is 0.122 e. The predicted molar refractivity (Wildman–Crippen MR) is 167 cm³/mol. The van der Waals surface area contributed by atoms with Gasteiger partial charge in [-0.3, -0.25) is 0 Å². The van der Waals surface area contributed by atoms with Crippen LogP contribution in [0.4, 0.5) is 0 Å². The van der Waals surface area contributed by atoms with Gasteiger partial charge in [0.1, 0.15) is 11.5 Å². The molecule has 0 aliphatic rings. The maximum atomic E-state index is 5.56. The number of hydrogen-bond acceptors (Lipinski definition) is 2.